The van der Waals surface area contributed by atoms with E-state index in [2.05, 4.69) is 39.0 Å². The van der Waals surface area contributed by atoms with E-state index in [4.69, 9.17) is 0 Å². The maximum atomic E-state index is 2.33. The Bertz CT molecular complexity index is 438. The zero-order chi connectivity index (χ0) is 9.42. The van der Waals surface area contributed by atoms with Gasteiger partial charge in [-0.2, -0.15) is 0 Å². The molecule has 0 aliphatic heterocycles. The molecule has 0 saturated carbocycles. The lowest BCUT2D eigenvalue weighted by atomic mass is 10.1. The molecule has 0 nitrogen and oxygen atoms in total. The Morgan fingerprint density at radius 2 is 2.00 bits per heavy atom. The van der Waals surface area contributed by atoms with Crippen LogP contribution in [0.2, 0.25) is 0 Å². The van der Waals surface area contributed by atoms with Crippen LogP contribution in [-0.2, 0) is 6.42 Å². The van der Waals surface area contributed by atoms with E-state index in [9.17, 15) is 0 Å². The van der Waals surface area contributed by atoms with Crippen molar-refractivity contribution in [1.82, 2.24) is 0 Å². The Morgan fingerprint density at radius 3 is 2.69 bits per heavy atom. The molecule has 1 aromatic heterocycles. The fraction of sp³-hybridized carbons (Fsp3) is 0.333. The number of rotatable bonds is 1. The average Bonchev–Trinajstić information content (AvgIpc) is 2.43. The number of hydrogen-bond donors (Lipinski definition) is 0. The fourth-order valence-electron chi connectivity index (χ4n) is 1.61. The summed E-state index contributed by atoms with van der Waals surface area (Å²) in [7, 11) is 0. The first-order valence-electron chi connectivity index (χ1n) is 4.71. The highest BCUT2D eigenvalue weighted by atomic mass is 32.1. The third-order valence-corrected chi connectivity index (χ3v) is 3.84. The molecule has 1 heteroatoms. The molecule has 13 heavy (non-hydrogen) atoms. The molecule has 0 bridgehead atoms. The standard InChI is InChI=1S/C12H14S/c1-4-10-5-6-12-11(7-10)8(2)9(3)13-12/h5-7H,4H2,1-3H3. The molecule has 0 spiro atoms. The van der Waals surface area contributed by atoms with Crippen molar-refractivity contribution in [1.29, 1.82) is 0 Å². The van der Waals surface area contributed by atoms with Crippen LogP contribution in [0.5, 0.6) is 0 Å². The third kappa shape index (κ3) is 1.37. The van der Waals surface area contributed by atoms with E-state index >= 15 is 0 Å². The first kappa shape index (κ1) is 8.76. The predicted molar refractivity (Wildman–Crippen MR) is 60.7 cm³/mol. The second-order valence-electron chi connectivity index (χ2n) is 3.47. The lowest BCUT2D eigenvalue weighted by Gasteiger charge is -1.96. The number of thiophene rings is 1. The van der Waals surface area contributed by atoms with Crippen LogP contribution in [-0.4, -0.2) is 0 Å². The highest BCUT2D eigenvalue weighted by molar-refractivity contribution is 7.19. The van der Waals surface area contributed by atoms with Crippen molar-refractivity contribution in [2.75, 3.05) is 0 Å². The Hall–Kier alpha value is -0.820. The highest BCUT2D eigenvalue weighted by Gasteiger charge is 2.04. The van der Waals surface area contributed by atoms with E-state index in [1.54, 1.807) is 0 Å². The number of aryl methyl sites for hydroxylation is 3. The molecule has 0 saturated heterocycles. The second kappa shape index (κ2) is 3.15. The van der Waals surface area contributed by atoms with Gasteiger partial charge in [-0.3, -0.25) is 0 Å². The average molecular weight is 190 g/mol. The van der Waals surface area contributed by atoms with Crippen molar-refractivity contribution in [3.63, 3.8) is 0 Å². The zero-order valence-electron chi connectivity index (χ0n) is 8.35. The van der Waals surface area contributed by atoms with Crippen LogP contribution >= 0.6 is 11.3 Å². The van der Waals surface area contributed by atoms with Crippen molar-refractivity contribution >= 4 is 21.4 Å². The first-order chi connectivity index (χ1) is 6.22. The molecule has 0 N–H and O–H groups in total. The topological polar surface area (TPSA) is 0 Å². The Morgan fingerprint density at radius 1 is 1.23 bits per heavy atom. The van der Waals surface area contributed by atoms with Gasteiger partial charge in [0.15, 0.2) is 0 Å². The minimum atomic E-state index is 1.13. The van der Waals surface area contributed by atoms with Crippen LogP contribution < -0.4 is 0 Å². The quantitative estimate of drug-likeness (QED) is 0.635. The summed E-state index contributed by atoms with van der Waals surface area (Å²) >= 11 is 1.90. The van der Waals surface area contributed by atoms with Gasteiger partial charge in [-0.1, -0.05) is 19.1 Å². The van der Waals surface area contributed by atoms with Crippen molar-refractivity contribution in [2.24, 2.45) is 0 Å². The van der Waals surface area contributed by atoms with Crippen molar-refractivity contribution in [3.8, 4) is 0 Å². The predicted octanol–water partition coefficient (Wildman–Crippen LogP) is 4.08. The normalized spacial score (nSPS) is 11.0. The third-order valence-electron chi connectivity index (χ3n) is 2.65. The van der Waals surface area contributed by atoms with E-state index < -0.39 is 0 Å². The summed E-state index contributed by atoms with van der Waals surface area (Å²) in [6.07, 6.45) is 1.13. The summed E-state index contributed by atoms with van der Waals surface area (Å²) in [6.45, 7) is 6.62. The molecule has 0 unspecified atom stereocenters. The van der Waals surface area contributed by atoms with Crippen LogP contribution in [0, 0.1) is 13.8 Å². The minimum absolute atomic E-state index is 1.13. The van der Waals surface area contributed by atoms with Crippen molar-refractivity contribution in [2.45, 2.75) is 27.2 Å². The first-order valence-corrected chi connectivity index (χ1v) is 5.52. The van der Waals surface area contributed by atoms with Gasteiger partial charge in [-0.25, -0.2) is 0 Å². The van der Waals surface area contributed by atoms with E-state index in [1.807, 2.05) is 11.3 Å². The molecule has 1 heterocycles. The van der Waals surface area contributed by atoms with Crippen molar-refractivity contribution in [3.05, 3.63) is 34.2 Å². The Labute approximate surface area is 83.2 Å². The minimum Gasteiger partial charge on any atom is -0.140 e. The lowest BCUT2D eigenvalue weighted by molar-refractivity contribution is 1.15. The molecule has 0 radical (unpaired) electrons. The van der Waals surface area contributed by atoms with Crippen LogP contribution in [0.1, 0.15) is 22.9 Å². The van der Waals surface area contributed by atoms with Crippen LogP contribution in [0.15, 0.2) is 18.2 Å². The van der Waals surface area contributed by atoms with Gasteiger partial charge in [0.1, 0.15) is 0 Å². The summed E-state index contributed by atoms with van der Waals surface area (Å²) in [5.41, 5.74) is 2.89. The number of benzene rings is 1. The second-order valence-corrected chi connectivity index (χ2v) is 4.72. The molecule has 2 aromatic rings. The van der Waals surface area contributed by atoms with Gasteiger partial charge < -0.3 is 0 Å². The monoisotopic (exact) mass is 190 g/mol. The fourth-order valence-corrected chi connectivity index (χ4v) is 2.66. The molecule has 0 aliphatic carbocycles. The van der Waals surface area contributed by atoms with Gasteiger partial charge in [0.05, 0.1) is 0 Å². The van der Waals surface area contributed by atoms with Crippen LogP contribution in [0.4, 0.5) is 0 Å². The molecule has 2 rings (SSSR count). The van der Waals surface area contributed by atoms with Gasteiger partial charge in [-0.15, -0.1) is 11.3 Å². The Kier molecular flexibility index (Phi) is 2.12. The van der Waals surface area contributed by atoms with Crippen LogP contribution in [0.25, 0.3) is 10.1 Å². The van der Waals surface area contributed by atoms with Gasteiger partial charge >= 0.3 is 0 Å². The molecule has 0 aliphatic rings. The molecule has 0 amide bonds. The number of fused-ring (bicyclic) bond motifs is 1. The maximum Gasteiger partial charge on any atom is 0.0348 e. The van der Waals surface area contributed by atoms with Gasteiger partial charge in [0.2, 0.25) is 0 Å². The van der Waals surface area contributed by atoms with Crippen LogP contribution in [0.3, 0.4) is 0 Å². The molecule has 1 aromatic carbocycles. The maximum absolute atomic E-state index is 2.33. The lowest BCUT2D eigenvalue weighted by Crippen LogP contribution is -1.78. The summed E-state index contributed by atoms with van der Waals surface area (Å²) in [4.78, 5) is 1.45. The smallest absolute Gasteiger partial charge is 0.0348 e. The van der Waals surface area contributed by atoms with Gasteiger partial charge in [-0.05, 0) is 42.8 Å². The highest BCUT2D eigenvalue weighted by Crippen LogP contribution is 2.30. The molecule has 0 fully saturated rings. The summed E-state index contributed by atoms with van der Waals surface area (Å²) in [5.74, 6) is 0. The molecular formula is C12H14S. The van der Waals surface area contributed by atoms with E-state index in [-0.39, 0.29) is 0 Å². The van der Waals surface area contributed by atoms with Gasteiger partial charge in [0.25, 0.3) is 0 Å². The van der Waals surface area contributed by atoms with E-state index in [0.29, 0.717) is 0 Å². The number of hydrogen-bond acceptors (Lipinski definition) is 1. The summed E-state index contributed by atoms with van der Waals surface area (Å²) < 4.78 is 1.42. The van der Waals surface area contributed by atoms with E-state index in [0.717, 1.165) is 6.42 Å². The summed E-state index contributed by atoms with van der Waals surface area (Å²) in [6, 6.07) is 6.81. The van der Waals surface area contributed by atoms with Crippen molar-refractivity contribution < 1.29 is 0 Å². The SMILES string of the molecule is CCc1ccc2sc(C)c(C)c2c1. The molecular weight excluding hydrogens is 176 g/mol. The summed E-state index contributed by atoms with van der Waals surface area (Å²) in [5, 5.41) is 1.45. The molecule has 0 atom stereocenters. The molecule has 68 valence electrons. The Balaban J connectivity index is 2.75. The van der Waals surface area contributed by atoms with Gasteiger partial charge in [0, 0.05) is 9.58 Å². The zero-order valence-corrected chi connectivity index (χ0v) is 9.16. The van der Waals surface area contributed by atoms with E-state index in [1.165, 1.54) is 26.1 Å². The largest absolute Gasteiger partial charge is 0.140 e.